The smallest absolute Gasteiger partial charge is 0.229 e. The Morgan fingerprint density at radius 2 is 1.89 bits per heavy atom. The first-order chi connectivity index (χ1) is 13.6. The summed E-state index contributed by atoms with van der Waals surface area (Å²) in [6, 6.07) is 7.96. The van der Waals surface area contributed by atoms with Crippen LogP contribution in [0.4, 0.5) is 0 Å². The lowest BCUT2D eigenvalue weighted by Crippen LogP contribution is -2.59. The molecule has 5 atom stereocenters. The lowest BCUT2D eigenvalue weighted by Gasteiger charge is -2.38. The van der Waals surface area contributed by atoms with Crippen molar-refractivity contribution in [2.24, 2.45) is 10.4 Å². The van der Waals surface area contributed by atoms with Crippen LogP contribution in [0.2, 0.25) is 0 Å². The van der Waals surface area contributed by atoms with E-state index in [4.69, 9.17) is 14.2 Å². The quantitative estimate of drug-likeness (QED) is 0.640. The Kier molecular flexibility index (Phi) is 6.68. The predicted molar refractivity (Wildman–Crippen MR) is 102 cm³/mol. The molecule has 0 spiro atoms. The van der Waals surface area contributed by atoms with E-state index in [0.29, 0.717) is 12.2 Å². The lowest BCUT2D eigenvalue weighted by molar-refractivity contribution is -0.228. The Morgan fingerprint density at radius 1 is 1.14 bits per heavy atom. The maximum atomic E-state index is 11.2. The van der Waals surface area contributed by atoms with Gasteiger partial charge >= 0.3 is 0 Å². The van der Waals surface area contributed by atoms with Crippen molar-refractivity contribution < 1.29 is 24.4 Å². The number of thiophene rings is 1. The SMILES string of the molecule is COc1ccc(Cc2sccc2OC2OC(CN=O)[C@H](O)C(O)C2N=O)cc1. The van der Waals surface area contributed by atoms with E-state index < -0.39 is 30.6 Å². The van der Waals surface area contributed by atoms with E-state index in [1.54, 1.807) is 13.2 Å². The number of methoxy groups -OCH3 is 1. The monoisotopic (exact) mass is 408 g/mol. The van der Waals surface area contributed by atoms with Crippen molar-refractivity contribution in [1.29, 1.82) is 0 Å². The summed E-state index contributed by atoms with van der Waals surface area (Å²) in [7, 11) is 1.60. The van der Waals surface area contributed by atoms with Crippen molar-refractivity contribution >= 4 is 11.3 Å². The van der Waals surface area contributed by atoms with Crippen molar-refractivity contribution in [3.05, 3.63) is 56.0 Å². The number of benzene rings is 1. The van der Waals surface area contributed by atoms with Gasteiger partial charge in [-0.1, -0.05) is 22.5 Å². The zero-order valence-corrected chi connectivity index (χ0v) is 15.8. The number of hydrogen-bond acceptors (Lipinski definition) is 10. The molecule has 2 aromatic rings. The maximum absolute atomic E-state index is 11.2. The van der Waals surface area contributed by atoms with E-state index in [1.807, 2.05) is 29.6 Å². The molecule has 1 aromatic heterocycles. The summed E-state index contributed by atoms with van der Waals surface area (Å²) in [5.41, 5.74) is 1.03. The third kappa shape index (κ3) is 4.36. The number of nitrogens with zero attached hydrogens (tertiary/aromatic N) is 2. The van der Waals surface area contributed by atoms with E-state index in [9.17, 15) is 20.0 Å². The highest BCUT2D eigenvalue weighted by Gasteiger charge is 2.47. The molecule has 9 nitrogen and oxygen atoms in total. The Bertz CT molecular complexity index is 795. The van der Waals surface area contributed by atoms with Crippen molar-refractivity contribution in [2.75, 3.05) is 13.7 Å². The molecule has 0 radical (unpaired) electrons. The molecular formula is C18H20N2O7S. The Labute approximate surface area is 164 Å². The van der Waals surface area contributed by atoms with Gasteiger partial charge in [0.15, 0.2) is 6.04 Å². The van der Waals surface area contributed by atoms with Gasteiger partial charge < -0.3 is 24.4 Å². The van der Waals surface area contributed by atoms with E-state index in [0.717, 1.165) is 16.2 Å². The molecule has 0 amide bonds. The molecule has 0 saturated carbocycles. The molecule has 1 aliphatic heterocycles. The van der Waals surface area contributed by atoms with Gasteiger partial charge in [0.2, 0.25) is 6.29 Å². The summed E-state index contributed by atoms with van der Waals surface area (Å²) in [6.45, 7) is -0.383. The molecule has 2 heterocycles. The van der Waals surface area contributed by atoms with Crippen LogP contribution < -0.4 is 9.47 Å². The van der Waals surface area contributed by atoms with Gasteiger partial charge in [0.05, 0.1) is 12.0 Å². The van der Waals surface area contributed by atoms with E-state index in [-0.39, 0.29) is 6.54 Å². The molecule has 150 valence electrons. The fraction of sp³-hybridized carbons (Fsp3) is 0.444. The van der Waals surface area contributed by atoms with Crippen LogP contribution in [0.25, 0.3) is 0 Å². The lowest BCUT2D eigenvalue weighted by atomic mass is 9.97. The minimum Gasteiger partial charge on any atom is -0.497 e. The average molecular weight is 408 g/mol. The maximum Gasteiger partial charge on any atom is 0.229 e. The Morgan fingerprint density at radius 3 is 2.54 bits per heavy atom. The topological polar surface area (TPSA) is 127 Å². The number of rotatable bonds is 8. The first kappa shape index (κ1) is 20.3. The number of aliphatic hydroxyl groups is 2. The second kappa shape index (κ2) is 9.20. The van der Waals surface area contributed by atoms with Crippen LogP contribution in [0.5, 0.6) is 11.5 Å². The molecule has 0 aliphatic carbocycles. The van der Waals surface area contributed by atoms with Crippen molar-refractivity contribution in [2.45, 2.75) is 37.1 Å². The predicted octanol–water partition coefficient (Wildman–Crippen LogP) is 2.07. The van der Waals surface area contributed by atoms with Gasteiger partial charge in [-0.25, -0.2) is 0 Å². The number of nitroso groups, excluding NO2 is 2. The van der Waals surface area contributed by atoms with Gasteiger partial charge in [0.25, 0.3) is 0 Å². The molecule has 4 unspecified atom stereocenters. The summed E-state index contributed by atoms with van der Waals surface area (Å²) in [6.07, 6.45) is -4.73. The highest BCUT2D eigenvalue weighted by Crippen LogP contribution is 2.32. The first-order valence-electron chi connectivity index (χ1n) is 8.56. The molecule has 1 aromatic carbocycles. The van der Waals surface area contributed by atoms with Crippen molar-refractivity contribution in [1.82, 2.24) is 0 Å². The van der Waals surface area contributed by atoms with Crippen LogP contribution >= 0.6 is 11.3 Å². The minimum atomic E-state index is -1.52. The van der Waals surface area contributed by atoms with Gasteiger partial charge in [0, 0.05) is 6.42 Å². The molecule has 3 rings (SSSR count). The number of ether oxygens (including phenoxy) is 3. The highest BCUT2D eigenvalue weighted by atomic mass is 32.1. The van der Waals surface area contributed by atoms with Gasteiger partial charge in [-0.2, -0.15) is 9.81 Å². The molecule has 1 aliphatic rings. The zero-order valence-electron chi connectivity index (χ0n) is 15.0. The van der Waals surface area contributed by atoms with Crippen LogP contribution in [0.1, 0.15) is 10.4 Å². The second-order valence-electron chi connectivity index (χ2n) is 6.28. The normalized spacial score (nSPS) is 27.2. The van der Waals surface area contributed by atoms with Crippen LogP contribution in [0.3, 0.4) is 0 Å². The van der Waals surface area contributed by atoms with Crippen LogP contribution in [0, 0.1) is 9.81 Å². The number of hydrogen-bond donors (Lipinski definition) is 2. The van der Waals surface area contributed by atoms with Gasteiger partial charge in [-0.05, 0) is 29.1 Å². The Balaban J connectivity index is 1.75. The van der Waals surface area contributed by atoms with Gasteiger partial charge in [-0.3, -0.25) is 0 Å². The average Bonchev–Trinajstić information content (AvgIpc) is 3.13. The van der Waals surface area contributed by atoms with Gasteiger partial charge in [-0.15, -0.1) is 11.3 Å². The second-order valence-corrected chi connectivity index (χ2v) is 7.28. The van der Waals surface area contributed by atoms with Crippen LogP contribution in [-0.2, 0) is 11.2 Å². The minimum absolute atomic E-state index is 0.383. The molecule has 2 N–H and O–H groups in total. The molecule has 0 bridgehead atoms. The largest absolute Gasteiger partial charge is 0.497 e. The van der Waals surface area contributed by atoms with Gasteiger partial charge in [0.1, 0.15) is 36.4 Å². The Hall–Kier alpha value is -2.40. The standard InChI is InChI=1S/C18H20N2O7S/c1-25-11-4-2-10(3-5-11)8-14-12(6-7-28-14)26-18-15(20-24)17(22)16(21)13(27-18)9-19-23/h2-7,13,15-18,21-22H,8-9H2,1H3/t13?,15?,16-,17?,18?/m0/s1. The van der Waals surface area contributed by atoms with Crippen LogP contribution in [-0.4, -0.2) is 54.5 Å². The van der Waals surface area contributed by atoms with Crippen LogP contribution in [0.15, 0.2) is 46.1 Å². The van der Waals surface area contributed by atoms with E-state index in [2.05, 4.69) is 10.4 Å². The van der Waals surface area contributed by atoms with Crippen molar-refractivity contribution in [3.63, 3.8) is 0 Å². The molecule has 10 heteroatoms. The number of aliphatic hydroxyl groups excluding tert-OH is 2. The zero-order chi connectivity index (χ0) is 20.1. The highest BCUT2D eigenvalue weighted by molar-refractivity contribution is 7.10. The molecular weight excluding hydrogens is 388 g/mol. The molecule has 1 saturated heterocycles. The third-order valence-corrected chi connectivity index (χ3v) is 5.42. The summed E-state index contributed by atoms with van der Waals surface area (Å²) in [4.78, 5) is 22.6. The fourth-order valence-corrected chi connectivity index (χ4v) is 3.81. The fourth-order valence-electron chi connectivity index (χ4n) is 2.97. The summed E-state index contributed by atoms with van der Waals surface area (Å²) in [5.74, 6) is 1.23. The summed E-state index contributed by atoms with van der Waals surface area (Å²) in [5, 5.41) is 27.5. The third-order valence-electron chi connectivity index (χ3n) is 4.52. The first-order valence-corrected chi connectivity index (χ1v) is 9.44. The molecule has 1 fully saturated rings. The summed E-state index contributed by atoms with van der Waals surface area (Å²) < 4.78 is 16.4. The van der Waals surface area contributed by atoms with E-state index in [1.165, 1.54) is 11.3 Å². The molecule has 28 heavy (non-hydrogen) atoms. The van der Waals surface area contributed by atoms with E-state index >= 15 is 0 Å². The van der Waals surface area contributed by atoms with Crippen molar-refractivity contribution in [3.8, 4) is 11.5 Å². The summed E-state index contributed by atoms with van der Waals surface area (Å²) >= 11 is 1.46.